The summed E-state index contributed by atoms with van der Waals surface area (Å²) in [6, 6.07) is 2.22. The van der Waals surface area contributed by atoms with Crippen LogP contribution in [0.25, 0.3) is 0 Å². The Hall–Kier alpha value is -1.95. The van der Waals surface area contributed by atoms with Crippen LogP contribution in [0.4, 0.5) is 0 Å². The van der Waals surface area contributed by atoms with Gasteiger partial charge in [0.15, 0.2) is 0 Å². The lowest BCUT2D eigenvalue weighted by Gasteiger charge is -2.36. The summed E-state index contributed by atoms with van der Waals surface area (Å²) in [4.78, 5) is 0. The largest absolute Gasteiger partial charge is 0.493 e. The molecular formula is C28H43NO2. The summed E-state index contributed by atoms with van der Waals surface area (Å²) in [7, 11) is 0. The van der Waals surface area contributed by atoms with Crippen molar-refractivity contribution in [2.45, 2.75) is 117 Å². The van der Waals surface area contributed by atoms with Gasteiger partial charge >= 0.3 is 0 Å². The van der Waals surface area contributed by atoms with Crippen LogP contribution in [0.2, 0.25) is 0 Å². The smallest absolute Gasteiger partial charge is 0.127 e. The standard InChI is InChI=1S/C28H43NO2/c1-6-7-8-16-21-30-26-22(2)23(3)27-25(24(26)4)17-19-28(5,31-27)18-14-12-10-9-11-13-15-20-29/h14,18H,6-13,15-17,19,21H2,1-5H3/b18-14+. The summed E-state index contributed by atoms with van der Waals surface area (Å²) in [5.41, 5.74) is 4.80. The molecule has 1 aromatic rings. The van der Waals surface area contributed by atoms with Gasteiger partial charge in [-0.1, -0.05) is 45.1 Å². The molecule has 0 aromatic heterocycles. The molecule has 1 heterocycles. The van der Waals surface area contributed by atoms with E-state index in [-0.39, 0.29) is 5.60 Å². The van der Waals surface area contributed by atoms with Gasteiger partial charge in [0, 0.05) is 12.0 Å². The third kappa shape index (κ3) is 7.30. The molecule has 0 N–H and O–H groups in total. The number of nitrogens with zero attached hydrogens (tertiary/aromatic N) is 1. The average Bonchev–Trinajstić information content (AvgIpc) is 2.76. The van der Waals surface area contributed by atoms with E-state index in [1.807, 2.05) is 0 Å². The second-order valence-corrected chi connectivity index (χ2v) is 9.35. The zero-order valence-electron chi connectivity index (χ0n) is 20.6. The Bertz CT molecular complexity index is 774. The van der Waals surface area contributed by atoms with Crippen LogP contribution >= 0.6 is 0 Å². The lowest BCUT2D eigenvalue weighted by molar-refractivity contribution is 0.112. The minimum absolute atomic E-state index is 0.236. The second-order valence-electron chi connectivity index (χ2n) is 9.35. The molecule has 0 spiro atoms. The molecule has 1 unspecified atom stereocenters. The predicted octanol–water partition coefficient (Wildman–Crippen LogP) is 8.08. The first-order valence-electron chi connectivity index (χ1n) is 12.4. The maximum absolute atomic E-state index is 8.60. The first-order chi connectivity index (χ1) is 14.9. The number of hydrogen-bond donors (Lipinski definition) is 0. The normalized spacial score (nSPS) is 17.9. The summed E-state index contributed by atoms with van der Waals surface area (Å²) in [6.07, 6.45) is 17.8. The van der Waals surface area contributed by atoms with Crippen LogP contribution in [0.15, 0.2) is 12.2 Å². The fourth-order valence-electron chi connectivity index (χ4n) is 4.44. The number of rotatable bonds is 13. The van der Waals surface area contributed by atoms with Crippen molar-refractivity contribution in [3.8, 4) is 17.6 Å². The molecule has 1 aromatic carbocycles. The van der Waals surface area contributed by atoms with Crippen molar-refractivity contribution in [1.29, 1.82) is 5.26 Å². The Morgan fingerprint density at radius 3 is 2.48 bits per heavy atom. The lowest BCUT2D eigenvalue weighted by atomic mass is 9.86. The minimum Gasteiger partial charge on any atom is -0.493 e. The molecule has 1 aliphatic rings. The lowest BCUT2D eigenvalue weighted by Crippen LogP contribution is -2.35. The maximum Gasteiger partial charge on any atom is 0.127 e. The summed E-state index contributed by atoms with van der Waals surface area (Å²) in [5, 5.41) is 8.60. The van der Waals surface area contributed by atoms with Crippen LogP contribution < -0.4 is 9.47 Å². The molecule has 0 amide bonds. The molecule has 172 valence electrons. The van der Waals surface area contributed by atoms with Gasteiger partial charge in [-0.25, -0.2) is 0 Å². The van der Waals surface area contributed by atoms with Gasteiger partial charge in [-0.2, -0.15) is 5.26 Å². The Kier molecular flexibility index (Phi) is 10.4. The van der Waals surface area contributed by atoms with E-state index in [1.54, 1.807) is 0 Å². The Morgan fingerprint density at radius 2 is 1.74 bits per heavy atom. The Labute approximate surface area is 190 Å². The highest BCUT2D eigenvalue weighted by molar-refractivity contribution is 5.59. The number of unbranched alkanes of at least 4 members (excludes halogenated alkanes) is 8. The summed E-state index contributed by atoms with van der Waals surface area (Å²) in [5.74, 6) is 2.15. The van der Waals surface area contributed by atoms with E-state index in [9.17, 15) is 0 Å². The van der Waals surface area contributed by atoms with Gasteiger partial charge in [0.1, 0.15) is 17.1 Å². The zero-order chi connectivity index (χ0) is 22.7. The van der Waals surface area contributed by atoms with Crippen LogP contribution in [0.1, 0.15) is 107 Å². The van der Waals surface area contributed by atoms with Gasteiger partial charge in [0.2, 0.25) is 0 Å². The van der Waals surface area contributed by atoms with E-state index in [4.69, 9.17) is 14.7 Å². The zero-order valence-corrected chi connectivity index (χ0v) is 20.6. The van der Waals surface area contributed by atoms with E-state index in [2.05, 4.69) is 52.8 Å². The molecule has 0 saturated heterocycles. The third-order valence-electron chi connectivity index (χ3n) is 6.64. The van der Waals surface area contributed by atoms with Crippen LogP contribution in [0.5, 0.6) is 11.5 Å². The third-order valence-corrected chi connectivity index (χ3v) is 6.64. The minimum atomic E-state index is -0.236. The van der Waals surface area contributed by atoms with E-state index >= 15 is 0 Å². The SMILES string of the molecule is CCCCCCOc1c(C)c(C)c2c(c1C)CCC(C)(/C=C/CCCCCCC#N)O2. The van der Waals surface area contributed by atoms with Gasteiger partial charge in [0.25, 0.3) is 0 Å². The fraction of sp³-hybridized carbons (Fsp3) is 0.679. The van der Waals surface area contributed by atoms with Crippen LogP contribution in [0.3, 0.4) is 0 Å². The summed E-state index contributed by atoms with van der Waals surface area (Å²) in [6.45, 7) is 11.8. The highest BCUT2D eigenvalue weighted by atomic mass is 16.5. The van der Waals surface area contributed by atoms with Crippen molar-refractivity contribution in [2.75, 3.05) is 6.61 Å². The van der Waals surface area contributed by atoms with Crippen molar-refractivity contribution in [2.24, 2.45) is 0 Å². The molecular weight excluding hydrogens is 382 g/mol. The van der Waals surface area contributed by atoms with Crippen molar-refractivity contribution in [3.05, 3.63) is 34.4 Å². The van der Waals surface area contributed by atoms with Gasteiger partial charge in [-0.05, 0) is 89.0 Å². The summed E-state index contributed by atoms with van der Waals surface area (Å²) < 4.78 is 12.9. The van der Waals surface area contributed by atoms with Crippen molar-refractivity contribution in [1.82, 2.24) is 0 Å². The predicted molar refractivity (Wildman–Crippen MR) is 130 cm³/mol. The highest BCUT2D eigenvalue weighted by Gasteiger charge is 2.32. The van der Waals surface area contributed by atoms with E-state index in [1.165, 1.54) is 54.4 Å². The number of benzene rings is 1. The summed E-state index contributed by atoms with van der Waals surface area (Å²) >= 11 is 0. The highest BCUT2D eigenvalue weighted by Crippen LogP contribution is 2.44. The van der Waals surface area contributed by atoms with Crippen LogP contribution in [-0.2, 0) is 6.42 Å². The second kappa shape index (κ2) is 12.8. The number of hydrogen-bond acceptors (Lipinski definition) is 3. The van der Waals surface area contributed by atoms with Crippen molar-refractivity contribution >= 4 is 0 Å². The average molecular weight is 426 g/mol. The first-order valence-corrected chi connectivity index (χ1v) is 12.4. The molecule has 0 fully saturated rings. The van der Waals surface area contributed by atoms with Crippen molar-refractivity contribution in [3.63, 3.8) is 0 Å². The molecule has 3 nitrogen and oxygen atoms in total. The quantitative estimate of drug-likeness (QED) is 0.237. The monoisotopic (exact) mass is 425 g/mol. The molecule has 2 rings (SSSR count). The Balaban J connectivity index is 1.98. The number of fused-ring (bicyclic) bond motifs is 1. The van der Waals surface area contributed by atoms with Gasteiger partial charge in [0.05, 0.1) is 12.7 Å². The molecule has 0 saturated carbocycles. The van der Waals surface area contributed by atoms with Crippen LogP contribution in [0, 0.1) is 32.1 Å². The molecule has 1 aliphatic heterocycles. The number of allylic oxidation sites excluding steroid dienone is 1. The molecule has 3 heteroatoms. The molecule has 31 heavy (non-hydrogen) atoms. The van der Waals surface area contributed by atoms with E-state index in [0.717, 1.165) is 56.6 Å². The van der Waals surface area contributed by atoms with Crippen LogP contribution in [-0.4, -0.2) is 12.2 Å². The topological polar surface area (TPSA) is 42.2 Å². The van der Waals surface area contributed by atoms with Gasteiger partial charge < -0.3 is 9.47 Å². The Morgan fingerprint density at radius 1 is 1.00 bits per heavy atom. The number of nitriles is 1. The fourth-order valence-corrected chi connectivity index (χ4v) is 4.44. The molecule has 0 aliphatic carbocycles. The number of ether oxygens (including phenoxy) is 2. The van der Waals surface area contributed by atoms with E-state index < -0.39 is 0 Å². The van der Waals surface area contributed by atoms with Gasteiger partial charge in [-0.3, -0.25) is 0 Å². The molecule has 0 radical (unpaired) electrons. The first kappa shape index (κ1) is 25.3. The van der Waals surface area contributed by atoms with E-state index in [0.29, 0.717) is 6.42 Å². The van der Waals surface area contributed by atoms with Crippen molar-refractivity contribution < 1.29 is 9.47 Å². The molecule has 0 bridgehead atoms. The molecule has 1 atom stereocenters. The van der Waals surface area contributed by atoms with Gasteiger partial charge in [-0.15, -0.1) is 0 Å². The maximum atomic E-state index is 8.60.